The Balaban J connectivity index is 2.64. The van der Waals surface area contributed by atoms with Crippen LogP contribution in [-0.4, -0.2) is 0 Å². The first-order valence-electron chi connectivity index (χ1n) is 4.17. The molecular weight excluding hydrogens is 162 g/mol. The third-order valence-electron chi connectivity index (χ3n) is 2.12. The molecule has 0 saturated carbocycles. The summed E-state index contributed by atoms with van der Waals surface area (Å²) in [6.45, 7) is 3.66. The second-order valence-electron chi connectivity index (χ2n) is 2.95. The van der Waals surface area contributed by atoms with Crippen LogP contribution in [0.25, 0.3) is 11.0 Å². The monoisotopic (exact) mass is 173 g/mol. The predicted molar refractivity (Wildman–Crippen MR) is 53.3 cm³/mol. The summed E-state index contributed by atoms with van der Waals surface area (Å²) in [5.41, 5.74) is 7.69. The number of rotatable bonds is 2. The molecule has 2 N–H and O–H groups in total. The van der Waals surface area contributed by atoms with E-state index in [1.165, 1.54) is 0 Å². The number of furan rings is 1. The minimum atomic E-state index is -0.149. The van der Waals surface area contributed by atoms with Crippen molar-refractivity contribution in [1.82, 2.24) is 0 Å². The Morgan fingerprint density at radius 3 is 2.92 bits per heavy atom. The fourth-order valence-electron chi connectivity index (χ4n) is 1.38. The molecule has 0 aliphatic heterocycles. The lowest BCUT2D eigenvalue weighted by molar-refractivity contribution is 0.608. The maximum absolute atomic E-state index is 5.83. The van der Waals surface area contributed by atoms with E-state index in [-0.39, 0.29) is 6.04 Å². The van der Waals surface area contributed by atoms with E-state index in [1.54, 1.807) is 12.3 Å². The fourth-order valence-corrected chi connectivity index (χ4v) is 1.38. The Morgan fingerprint density at radius 1 is 1.38 bits per heavy atom. The molecule has 1 atom stereocenters. The number of benzene rings is 1. The van der Waals surface area contributed by atoms with Gasteiger partial charge in [-0.25, -0.2) is 0 Å². The van der Waals surface area contributed by atoms with E-state index in [0.29, 0.717) is 0 Å². The lowest BCUT2D eigenvalue weighted by Crippen LogP contribution is -2.05. The summed E-state index contributed by atoms with van der Waals surface area (Å²) in [4.78, 5) is 0. The number of hydrogen-bond acceptors (Lipinski definition) is 2. The molecule has 0 spiro atoms. The quantitative estimate of drug-likeness (QED) is 0.709. The van der Waals surface area contributed by atoms with Gasteiger partial charge in [0.05, 0.1) is 12.3 Å². The van der Waals surface area contributed by atoms with Gasteiger partial charge in [-0.05, 0) is 6.07 Å². The minimum Gasteiger partial charge on any atom is -0.464 e. The lowest BCUT2D eigenvalue weighted by Gasteiger charge is -2.01. The first kappa shape index (κ1) is 8.08. The van der Waals surface area contributed by atoms with Gasteiger partial charge >= 0.3 is 0 Å². The standard InChI is InChI=1S/C11H11NO/c1-2-10(12)9-7-13-11-6-4-3-5-8(9)11/h2-7,10H,1,12H2. The van der Waals surface area contributed by atoms with E-state index >= 15 is 0 Å². The van der Waals surface area contributed by atoms with Crippen LogP contribution >= 0.6 is 0 Å². The molecule has 1 aromatic heterocycles. The molecule has 1 heterocycles. The van der Waals surface area contributed by atoms with E-state index in [2.05, 4.69) is 6.58 Å². The molecule has 0 radical (unpaired) electrons. The third kappa shape index (κ3) is 1.25. The number of fused-ring (bicyclic) bond motifs is 1. The molecule has 0 amide bonds. The molecule has 2 heteroatoms. The normalized spacial score (nSPS) is 13.0. The highest BCUT2D eigenvalue weighted by molar-refractivity contribution is 5.81. The number of para-hydroxylation sites is 1. The molecule has 1 unspecified atom stereocenters. The van der Waals surface area contributed by atoms with Crippen molar-refractivity contribution in [3.8, 4) is 0 Å². The molecule has 1 aromatic carbocycles. The molecule has 2 rings (SSSR count). The van der Waals surface area contributed by atoms with Crippen LogP contribution in [0, 0.1) is 0 Å². The van der Waals surface area contributed by atoms with Crippen molar-refractivity contribution in [1.29, 1.82) is 0 Å². The molecule has 2 nitrogen and oxygen atoms in total. The Labute approximate surface area is 76.7 Å². The lowest BCUT2D eigenvalue weighted by atomic mass is 10.1. The van der Waals surface area contributed by atoms with Gasteiger partial charge < -0.3 is 10.2 Å². The Kier molecular flexibility index (Phi) is 1.91. The highest BCUT2D eigenvalue weighted by Crippen LogP contribution is 2.25. The first-order chi connectivity index (χ1) is 6.33. The van der Waals surface area contributed by atoms with Gasteiger partial charge in [0, 0.05) is 10.9 Å². The molecule has 13 heavy (non-hydrogen) atoms. The van der Waals surface area contributed by atoms with Crippen LogP contribution in [0.3, 0.4) is 0 Å². The van der Waals surface area contributed by atoms with Crippen molar-refractivity contribution in [3.63, 3.8) is 0 Å². The van der Waals surface area contributed by atoms with Crippen LogP contribution in [0.1, 0.15) is 11.6 Å². The van der Waals surface area contributed by atoms with Crippen LogP contribution in [-0.2, 0) is 0 Å². The molecule has 0 aliphatic rings. The van der Waals surface area contributed by atoms with E-state index < -0.39 is 0 Å². The SMILES string of the molecule is C=CC(N)c1coc2ccccc12. The summed E-state index contributed by atoms with van der Waals surface area (Å²) in [7, 11) is 0. The molecular formula is C11H11NO. The summed E-state index contributed by atoms with van der Waals surface area (Å²) >= 11 is 0. The molecule has 2 aromatic rings. The van der Waals surface area contributed by atoms with Crippen LogP contribution in [0.5, 0.6) is 0 Å². The predicted octanol–water partition coefficient (Wildman–Crippen LogP) is 2.62. The highest BCUT2D eigenvalue weighted by Gasteiger charge is 2.08. The summed E-state index contributed by atoms with van der Waals surface area (Å²) in [6.07, 6.45) is 3.40. The second kappa shape index (κ2) is 3.07. The van der Waals surface area contributed by atoms with Gasteiger partial charge in [-0.3, -0.25) is 0 Å². The van der Waals surface area contributed by atoms with Gasteiger partial charge in [0.25, 0.3) is 0 Å². The fraction of sp³-hybridized carbons (Fsp3) is 0.0909. The summed E-state index contributed by atoms with van der Waals surface area (Å²) in [5.74, 6) is 0. The third-order valence-corrected chi connectivity index (χ3v) is 2.12. The van der Waals surface area contributed by atoms with Crippen molar-refractivity contribution in [3.05, 3.63) is 48.7 Å². The smallest absolute Gasteiger partial charge is 0.134 e. The van der Waals surface area contributed by atoms with Crippen LogP contribution in [0.15, 0.2) is 47.6 Å². The molecule has 0 bridgehead atoms. The summed E-state index contributed by atoms with van der Waals surface area (Å²) in [6, 6.07) is 7.68. The van der Waals surface area contributed by atoms with E-state index in [4.69, 9.17) is 10.2 Å². The van der Waals surface area contributed by atoms with Gasteiger partial charge in [-0.1, -0.05) is 24.3 Å². The minimum absolute atomic E-state index is 0.149. The molecule has 66 valence electrons. The van der Waals surface area contributed by atoms with E-state index in [1.807, 2.05) is 24.3 Å². The Hall–Kier alpha value is -1.54. The van der Waals surface area contributed by atoms with Crippen LogP contribution < -0.4 is 5.73 Å². The summed E-state index contributed by atoms with van der Waals surface area (Å²) < 4.78 is 5.34. The molecule has 0 aliphatic carbocycles. The first-order valence-corrected chi connectivity index (χ1v) is 4.17. The van der Waals surface area contributed by atoms with Crippen LogP contribution in [0.2, 0.25) is 0 Å². The average molecular weight is 173 g/mol. The van der Waals surface area contributed by atoms with Gasteiger partial charge in [0.15, 0.2) is 0 Å². The zero-order valence-electron chi connectivity index (χ0n) is 7.23. The van der Waals surface area contributed by atoms with E-state index in [9.17, 15) is 0 Å². The van der Waals surface area contributed by atoms with Crippen molar-refractivity contribution in [2.45, 2.75) is 6.04 Å². The van der Waals surface area contributed by atoms with Gasteiger partial charge in [-0.2, -0.15) is 0 Å². The largest absolute Gasteiger partial charge is 0.464 e. The molecule has 0 fully saturated rings. The molecule has 0 saturated heterocycles. The number of hydrogen-bond donors (Lipinski definition) is 1. The summed E-state index contributed by atoms with van der Waals surface area (Å²) in [5, 5.41) is 1.06. The van der Waals surface area contributed by atoms with Crippen molar-refractivity contribution < 1.29 is 4.42 Å². The van der Waals surface area contributed by atoms with Gasteiger partial charge in [0.2, 0.25) is 0 Å². The van der Waals surface area contributed by atoms with Crippen molar-refractivity contribution in [2.24, 2.45) is 5.73 Å². The average Bonchev–Trinajstić information content (AvgIpc) is 2.60. The highest BCUT2D eigenvalue weighted by atomic mass is 16.3. The van der Waals surface area contributed by atoms with E-state index in [0.717, 1.165) is 16.5 Å². The number of nitrogens with two attached hydrogens (primary N) is 1. The van der Waals surface area contributed by atoms with Gasteiger partial charge in [-0.15, -0.1) is 6.58 Å². The van der Waals surface area contributed by atoms with Gasteiger partial charge in [0.1, 0.15) is 5.58 Å². The van der Waals surface area contributed by atoms with Crippen LogP contribution in [0.4, 0.5) is 0 Å². The topological polar surface area (TPSA) is 39.2 Å². The van der Waals surface area contributed by atoms with Crippen molar-refractivity contribution in [2.75, 3.05) is 0 Å². The Bertz CT molecular complexity index is 430. The second-order valence-corrected chi connectivity index (χ2v) is 2.95. The maximum Gasteiger partial charge on any atom is 0.134 e. The maximum atomic E-state index is 5.83. The Morgan fingerprint density at radius 2 is 2.15 bits per heavy atom. The van der Waals surface area contributed by atoms with Crippen molar-refractivity contribution >= 4 is 11.0 Å². The zero-order valence-corrected chi connectivity index (χ0v) is 7.23. The zero-order chi connectivity index (χ0) is 9.26.